The Kier molecular flexibility index (Phi) is 7.52. The Morgan fingerprint density at radius 1 is 1.19 bits per heavy atom. The van der Waals surface area contributed by atoms with E-state index in [1.807, 2.05) is 13.8 Å². The van der Waals surface area contributed by atoms with E-state index < -0.39 is 0 Å². The van der Waals surface area contributed by atoms with Crippen molar-refractivity contribution < 1.29 is 14.0 Å². The van der Waals surface area contributed by atoms with E-state index in [-0.39, 0.29) is 23.7 Å². The number of hydrogen-bond donors (Lipinski definition) is 2. The zero-order valence-electron chi connectivity index (χ0n) is 16.1. The number of unbranched alkanes of at least 4 members (excludes halogenated alkanes) is 2. The molecule has 2 rings (SSSR count). The predicted octanol–water partition coefficient (Wildman–Crippen LogP) is 3.19. The van der Waals surface area contributed by atoms with Gasteiger partial charge in [-0.2, -0.15) is 5.10 Å². The predicted molar refractivity (Wildman–Crippen MR) is 102 cm³/mol. The van der Waals surface area contributed by atoms with Crippen molar-refractivity contribution >= 4 is 11.8 Å². The molecular weight excluding hydrogens is 347 g/mol. The van der Waals surface area contributed by atoms with Crippen LogP contribution >= 0.6 is 0 Å². The highest BCUT2D eigenvalue weighted by Gasteiger charge is 2.16. The summed E-state index contributed by atoms with van der Waals surface area (Å²) in [5.41, 5.74) is 2.61. The maximum absolute atomic E-state index is 13.1. The number of hydrogen-bond acceptors (Lipinski definition) is 3. The smallest absolute Gasteiger partial charge is 0.220 e. The van der Waals surface area contributed by atoms with Crippen molar-refractivity contribution in [3.63, 3.8) is 0 Å². The lowest BCUT2D eigenvalue weighted by molar-refractivity contribution is -0.122. The minimum atomic E-state index is -0.290. The fraction of sp³-hybridized carbons (Fsp3) is 0.450. The van der Waals surface area contributed by atoms with Gasteiger partial charge in [-0.1, -0.05) is 6.42 Å². The summed E-state index contributed by atoms with van der Waals surface area (Å²) in [5.74, 6) is -0.324. The molecule has 0 radical (unpaired) electrons. The molecule has 0 saturated carbocycles. The molecule has 1 heterocycles. The molecule has 1 atom stereocenters. The minimum absolute atomic E-state index is 0.00374. The summed E-state index contributed by atoms with van der Waals surface area (Å²) >= 11 is 0. The van der Waals surface area contributed by atoms with E-state index in [0.29, 0.717) is 13.0 Å². The molecule has 0 aliphatic heterocycles. The number of amides is 2. The largest absolute Gasteiger partial charge is 0.356 e. The van der Waals surface area contributed by atoms with Crippen LogP contribution in [0.4, 0.5) is 4.39 Å². The molecule has 2 aromatic rings. The molecule has 146 valence electrons. The molecule has 0 aliphatic carbocycles. The van der Waals surface area contributed by atoms with Gasteiger partial charge in [0.15, 0.2) is 0 Å². The number of aromatic nitrogens is 2. The molecule has 0 bridgehead atoms. The highest BCUT2D eigenvalue weighted by molar-refractivity contribution is 5.76. The number of rotatable bonds is 9. The van der Waals surface area contributed by atoms with Crippen molar-refractivity contribution in [2.45, 2.75) is 52.5 Å². The standard InChI is InChI=1S/C20H27FN4O2/c1-14(24-20(27)7-5-4-6-12-22-16(3)26)19-13-23-25(15(19)2)18-10-8-17(21)9-11-18/h8-11,13-14H,4-7,12H2,1-3H3,(H,22,26)(H,24,27). The summed E-state index contributed by atoms with van der Waals surface area (Å²) in [5, 5.41) is 10.1. The van der Waals surface area contributed by atoms with Crippen LogP contribution in [0.3, 0.4) is 0 Å². The lowest BCUT2D eigenvalue weighted by Gasteiger charge is -2.14. The van der Waals surface area contributed by atoms with Crippen molar-refractivity contribution in [1.29, 1.82) is 0 Å². The average molecular weight is 374 g/mol. The third kappa shape index (κ3) is 6.20. The second-order valence-corrected chi connectivity index (χ2v) is 6.66. The van der Waals surface area contributed by atoms with Crippen molar-refractivity contribution in [3.05, 3.63) is 47.5 Å². The van der Waals surface area contributed by atoms with Crippen LogP contribution in [0.15, 0.2) is 30.5 Å². The minimum Gasteiger partial charge on any atom is -0.356 e. The van der Waals surface area contributed by atoms with Crippen molar-refractivity contribution in [2.24, 2.45) is 0 Å². The lowest BCUT2D eigenvalue weighted by atomic mass is 10.1. The summed E-state index contributed by atoms with van der Waals surface area (Å²) in [7, 11) is 0. The SMILES string of the molecule is CC(=O)NCCCCCC(=O)NC(C)c1cnn(-c2ccc(F)cc2)c1C. The van der Waals surface area contributed by atoms with E-state index >= 15 is 0 Å². The van der Waals surface area contributed by atoms with Crippen LogP contribution < -0.4 is 10.6 Å². The molecule has 27 heavy (non-hydrogen) atoms. The van der Waals surface area contributed by atoms with Gasteiger partial charge in [0.25, 0.3) is 0 Å². The summed E-state index contributed by atoms with van der Waals surface area (Å²) < 4.78 is 14.8. The van der Waals surface area contributed by atoms with E-state index in [9.17, 15) is 14.0 Å². The maximum Gasteiger partial charge on any atom is 0.220 e. The van der Waals surface area contributed by atoms with Gasteiger partial charge < -0.3 is 10.6 Å². The van der Waals surface area contributed by atoms with Crippen molar-refractivity contribution in [1.82, 2.24) is 20.4 Å². The van der Waals surface area contributed by atoms with E-state index in [4.69, 9.17) is 0 Å². The number of carbonyl (C=O) groups excluding carboxylic acids is 2. The quantitative estimate of drug-likeness (QED) is 0.662. The molecule has 6 nitrogen and oxygen atoms in total. The molecule has 0 saturated heterocycles. The second kappa shape index (κ2) is 9.85. The first-order chi connectivity index (χ1) is 12.9. The lowest BCUT2D eigenvalue weighted by Crippen LogP contribution is -2.26. The molecule has 1 aromatic heterocycles. The monoisotopic (exact) mass is 374 g/mol. The van der Waals surface area contributed by atoms with Crippen LogP contribution in [0.2, 0.25) is 0 Å². The first kappa shape index (κ1) is 20.6. The molecule has 0 aliphatic rings. The summed E-state index contributed by atoms with van der Waals surface area (Å²) in [6.45, 7) is 5.99. The van der Waals surface area contributed by atoms with Gasteiger partial charge in [0.2, 0.25) is 11.8 Å². The second-order valence-electron chi connectivity index (χ2n) is 6.66. The van der Waals surface area contributed by atoms with Gasteiger partial charge in [-0.15, -0.1) is 0 Å². The Hall–Kier alpha value is -2.70. The Morgan fingerprint density at radius 2 is 1.89 bits per heavy atom. The van der Waals surface area contributed by atoms with Crippen LogP contribution in [0.1, 0.15) is 56.8 Å². The third-order valence-corrected chi connectivity index (χ3v) is 4.42. The summed E-state index contributed by atoms with van der Waals surface area (Å²) in [6.07, 6.45) is 4.73. The fourth-order valence-electron chi connectivity index (χ4n) is 2.93. The highest BCUT2D eigenvalue weighted by atomic mass is 19.1. The number of carbonyl (C=O) groups is 2. The van der Waals surface area contributed by atoms with Crippen LogP contribution in [-0.4, -0.2) is 28.1 Å². The molecule has 1 unspecified atom stereocenters. The molecule has 2 amide bonds. The van der Waals surface area contributed by atoms with Gasteiger partial charge in [0, 0.05) is 31.1 Å². The van der Waals surface area contributed by atoms with E-state index in [1.54, 1.807) is 23.0 Å². The molecule has 0 spiro atoms. The van der Waals surface area contributed by atoms with Gasteiger partial charge in [0.05, 0.1) is 17.9 Å². The normalized spacial score (nSPS) is 11.9. The van der Waals surface area contributed by atoms with E-state index in [2.05, 4.69) is 15.7 Å². The number of halogens is 1. The summed E-state index contributed by atoms with van der Waals surface area (Å²) in [4.78, 5) is 22.9. The highest BCUT2D eigenvalue weighted by Crippen LogP contribution is 2.20. The Balaban J connectivity index is 1.83. The van der Waals surface area contributed by atoms with Crippen LogP contribution in [-0.2, 0) is 9.59 Å². The van der Waals surface area contributed by atoms with Gasteiger partial charge in [-0.05, 0) is 51.0 Å². The molecule has 1 aromatic carbocycles. The van der Waals surface area contributed by atoms with Crippen LogP contribution in [0.25, 0.3) is 5.69 Å². The van der Waals surface area contributed by atoms with Gasteiger partial charge in [0.1, 0.15) is 5.82 Å². The fourth-order valence-corrected chi connectivity index (χ4v) is 2.93. The number of nitrogens with zero attached hydrogens (tertiary/aromatic N) is 2. The molecule has 0 fully saturated rings. The first-order valence-electron chi connectivity index (χ1n) is 9.22. The third-order valence-electron chi connectivity index (χ3n) is 4.42. The van der Waals surface area contributed by atoms with Crippen molar-refractivity contribution in [3.8, 4) is 5.69 Å². The van der Waals surface area contributed by atoms with Crippen molar-refractivity contribution in [2.75, 3.05) is 6.54 Å². The van der Waals surface area contributed by atoms with Crippen LogP contribution in [0, 0.1) is 12.7 Å². The Bertz CT molecular complexity index is 771. The zero-order chi connectivity index (χ0) is 19.8. The molecular formula is C20H27FN4O2. The van der Waals surface area contributed by atoms with E-state index in [1.165, 1.54) is 19.1 Å². The Labute approximate surface area is 159 Å². The molecule has 7 heteroatoms. The topological polar surface area (TPSA) is 76.0 Å². The summed E-state index contributed by atoms with van der Waals surface area (Å²) in [6, 6.07) is 5.97. The average Bonchev–Trinajstić information content (AvgIpc) is 3.00. The number of nitrogens with one attached hydrogen (secondary N) is 2. The molecule has 2 N–H and O–H groups in total. The van der Waals surface area contributed by atoms with Crippen LogP contribution in [0.5, 0.6) is 0 Å². The zero-order valence-corrected chi connectivity index (χ0v) is 16.1. The van der Waals surface area contributed by atoms with Gasteiger partial charge in [-0.25, -0.2) is 9.07 Å². The number of benzene rings is 1. The van der Waals surface area contributed by atoms with Gasteiger partial charge in [-0.3, -0.25) is 9.59 Å². The maximum atomic E-state index is 13.1. The van der Waals surface area contributed by atoms with E-state index in [0.717, 1.165) is 36.2 Å². The first-order valence-corrected chi connectivity index (χ1v) is 9.22. The van der Waals surface area contributed by atoms with Gasteiger partial charge >= 0.3 is 0 Å². The Morgan fingerprint density at radius 3 is 2.56 bits per heavy atom.